The van der Waals surface area contributed by atoms with Crippen molar-refractivity contribution in [2.24, 2.45) is 0 Å². The number of nitrogens with one attached hydrogen (secondary N) is 3. The Hall–Kier alpha value is -9.24. The minimum absolute atomic E-state index is 0.0145. The minimum Gasteiger partial charge on any atom is -0.468 e. The average Bonchev–Trinajstić information content (AvgIpc) is 1.83. The number of likely N-dealkylation sites (tertiary alicyclic amines) is 1. The number of hydrogen-bond acceptors (Lipinski definition) is 17. The summed E-state index contributed by atoms with van der Waals surface area (Å²) in [6, 6.07) is 25.5. The maximum atomic E-state index is 16.2. The van der Waals surface area contributed by atoms with Gasteiger partial charge in [-0.25, -0.2) is 23.8 Å². The van der Waals surface area contributed by atoms with Gasteiger partial charge >= 0.3 is 11.9 Å². The number of nitrogens with zero attached hydrogens (tertiary/aromatic N) is 10. The molecule has 4 aliphatic heterocycles. The van der Waals surface area contributed by atoms with Crippen LogP contribution in [0.25, 0.3) is 55.2 Å². The van der Waals surface area contributed by atoms with Crippen molar-refractivity contribution < 1.29 is 56.8 Å². The Labute approximate surface area is 498 Å². The van der Waals surface area contributed by atoms with Crippen LogP contribution < -0.4 is 31.0 Å². The van der Waals surface area contributed by atoms with E-state index >= 15 is 4.39 Å². The number of aromatic nitrogens is 8. The summed E-state index contributed by atoms with van der Waals surface area (Å²) in [5, 5.41) is 24.3. The van der Waals surface area contributed by atoms with Crippen LogP contribution in [-0.4, -0.2) is 172 Å². The van der Waals surface area contributed by atoms with Crippen molar-refractivity contribution in [3.63, 3.8) is 0 Å². The minimum atomic E-state index is -0.630. The lowest BCUT2D eigenvalue weighted by atomic mass is 9.88. The van der Waals surface area contributed by atoms with E-state index in [2.05, 4.69) is 35.8 Å². The number of ether oxygens (including phenoxy) is 5. The van der Waals surface area contributed by atoms with Crippen LogP contribution in [0.5, 0.6) is 11.5 Å². The number of anilines is 1. The summed E-state index contributed by atoms with van der Waals surface area (Å²) in [5.74, 6) is -1.20. The van der Waals surface area contributed by atoms with Gasteiger partial charge in [0, 0.05) is 66.7 Å². The second-order valence-electron chi connectivity index (χ2n) is 21.6. The highest BCUT2D eigenvalue weighted by atomic mass is 19.1. The van der Waals surface area contributed by atoms with Crippen LogP contribution in [0.2, 0.25) is 0 Å². The molecule has 2 fully saturated rings. The van der Waals surface area contributed by atoms with E-state index in [0.717, 1.165) is 24.2 Å². The number of methoxy groups -OCH3 is 1. The molecule has 12 rings (SSSR count). The Kier molecular flexibility index (Phi) is 18.5. The number of esters is 1. The number of fused-ring (bicyclic) bond motifs is 3. The Morgan fingerprint density at radius 1 is 0.724 bits per heavy atom. The van der Waals surface area contributed by atoms with Gasteiger partial charge in [-0.15, -0.1) is 9.69 Å². The fourth-order valence-electron chi connectivity index (χ4n) is 11.7. The topological polar surface area (TPSA) is 293 Å². The number of benzene rings is 4. The van der Waals surface area contributed by atoms with Gasteiger partial charge in [0.1, 0.15) is 66.9 Å². The molecular weight excluding hydrogens is 1120 g/mol. The molecule has 5 amide bonds. The zero-order valence-electron chi connectivity index (χ0n) is 48.2. The lowest BCUT2D eigenvalue weighted by Crippen LogP contribution is -2.65. The van der Waals surface area contributed by atoms with Gasteiger partial charge in [-0.1, -0.05) is 35.1 Å². The van der Waals surface area contributed by atoms with Gasteiger partial charge in [-0.3, -0.25) is 28.7 Å². The molecule has 2 saturated heterocycles. The Morgan fingerprint density at radius 2 is 1.47 bits per heavy atom. The summed E-state index contributed by atoms with van der Waals surface area (Å²) in [6.07, 6.45) is 5.64. The molecule has 0 spiro atoms. The van der Waals surface area contributed by atoms with Gasteiger partial charge in [0.25, 0.3) is 0 Å². The van der Waals surface area contributed by atoms with E-state index in [-0.39, 0.29) is 105 Å². The highest BCUT2D eigenvalue weighted by Crippen LogP contribution is 2.43. The van der Waals surface area contributed by atoms with E-state index in [0.29, 0.717) is 120 Å². The van der Waals surface area contributed by atoms with Crippen molar-refractivity contribution in [2.45, 2.75) is 63.5 Å². The van der Waals surface area contributed by atoms with Gasteiger partial charge in [0.05, 0.1) is 95.0 Å². The first-order valence-corrected chi connectivity index (χ1v) is 29.2. The van der Waals surface area contributed by atoms with E-state index < -0.39 is 23.6 Å². The first-order valence-electron chi connectivity index (χ1n) is 29.2. The molecule has 4 aromatic heterocycles. The largest absolute Gasteiger partial charge is 0.468 e. The number of amides is 5. The summed E-state index contributed by atoms with van der Waals surface area (Å²) >= 11 is 0. The Morgan fingerprint density at radius 3 is 2.25 bits per heavy atom. The van der Waals surface area contributed by atoms with Crippen LogP contribution in [0.4, 0.5) is 10.2 Å². The Bertz CT molecular complexity index is 3830. The number of nitrogen functional groups attached to an aromatic ring is 1. The molecule has 25 nitrogen and oxygen atoms in total. The third-order valence-electron chi connectivity index (χ3n) is 16.1. The van der Waals surface area contributed by atoms with Crippen LogP contribution in [-0.2, 0) is 54.3 Å². The van der Waals surface area contributed by atoms with E-state index in [9.17, 15) is 28.8 Å². The first-order chi connectivity index (χ1) is 42.4. The molecule has 8 aromatic rings. The van der Waals surface area contributed by atoms with Gasteiger partial charge in [0.15, 0.2) is 5.65 Å². The lowest BCUT2D eigenvalue weighted by Gasteiger charge is -2.39. The number of carbonyl (C=O) groups excluding carboxylic acids is 6. The molecule has 1 atom stereocenters. The van der Waals surface area contributed by atoms with Crippen molar-refractivity contribution in [2.75, 3.05) is 98.3 Å². The van der Waals surface area contributed by atoms with Gasteiger partial charge in [-0.2, -0.15) is 10.2 Å². The highest BCUT2D eigenvalue weighted by Gasteiger charge is 2.46. The number of nitrogens with two attached hydrogens (primary N) is 1. The summed E-state index contributed by atoms with van der Waals surface area (Å²) < 4.78 is 47.1. The molecule has 4 aliphatic rings. The smallest absolute Gasteiger partial charge is 0.340 e. The fourth-order valence-corrected chi connectivity index (χ4v) is 11.7. The number of para-hydroxylation sites is 1. The molecule has 4 bridgehead atoms. The Balaban J connectivity index is 0.598. The number of quaternary nitrogens is 1. The van der Waals surface area contributed by atoms with Gasteiger partial charge < -0.3 is 50.3 Å². The van der Waals surface area contributed by atoms with Crippen molar-refractivity contribution in [3.05, 3.63) is 109 Å². The van der Waals surface area contributed by atoms with Crippen molar-refractivity contribution in [3.8, 4) is 33.9 Å². The number of rotatable bonds is 25. The highest BCUT2D eigenvalue weighted by molar-refractivity contribution is 6.01. The van der Waals surface area contributed by atoms with Crippen LogP contribution in [0.15, 0.2) is 97.5 Å². The van der Waals surface area contributed by atoms with Crippen LogP contribution in [0.1, 0.15) is 62.6 Å². The van der Waals surface area contributed by atoms with Gasteiger partial charge in [0.2, 0.25) is 23.6 Å². The normalized spacial score (nSPS) is 17.1. The molecule has 0 unspecified atom stereocenters. The molecule has 0 saturated carbocycles. The monoisotopic (exact) mass is 1190 g/mol. The molecule has 26 heteroatoms. The zero-order valence-corrected chi connectivity index (χ0v) is 48.2. The molecule has 454 valence electrons. The molecule has 0 aliphatic carbocycles. The van der Waals surface area contributed by atoms with Crippen molar-refractivity contribution >= 4 is 74.2 Å². The van der Waals surface area contributed by atoms with Crippen LogP contribution >= 0.6 is 0 Å². The summed E-state index contributed by atoms with van der Waals surface area (Å²) in [4.78, 5) is 90.4. The van der Waals surface area contributed by atoms with Crippen LogP contribution in [0, 0.1) is 5.82 Å². The number of halogens is 1. The third-order valence-corrected chi connectivity index (χ3v) is 16.1. The van der Waals surface area contributed by atoms with Crippen molar-refractivity contribution in [1.82, 2.24) is 64.9 Å². The summed E-state index contributed by atoms with van der Waals surface area (Å²) in [5.41, 5.74) is 11.2. The van der Waals surface area contributed by atoms with Crippen LogP contribution in [0.3, 0.4) is 0 Å². The maximum Gasteiger partial charge on any atom is 0.340 e. The molecule has 87 heavy (non-hydrogen) atoms. The summed E-state index contributed by atoms with van der Waals surface area (Å²) in [7, 11) is 1.20. The zero-order chi connectivity index (χ0) is 60.4. The predicted octanol–water partition coefficient (Wildman–Crippen LogP) is 4.84. The second kappa shape index (κ2) is 27.0. The molecular formula is C61H68FN14O11+. The van der Waals surface area contributed by atoms with E-state index in [1.54, 1.807) is 27.8 Å². The molecule has 4 aromatic carbocycles. The molecule has 5 N–H and O–H groups in total. The third kappa shape index (κ3) is 13.3. The standard InChI is InChI=1S/C61H67FN14O11/c1-83-55(82)35-66-51(78)34-65-52(79)37-73-48-11-5-10-45-46-32-49-41(31-47(46)62)33-69-75(49)76(23-18-40(19-24-76)58(70-73)56(45)48)54(81)17-16-50(77)64-21-26-85-28-30-86-29-27-84-25-20-53(80)72-22-6-7-42(36-72)74-61-57(60(63)67-38-68-61)59(71-74)39-12-14-44(15-13-39)87-43-8-3-2-4-9-43/h2-5,8-15,31-33,38,40,42H,6-7,16-30,34-37H2,1H3,(H4-,63,64,65,66,67,68,71,77,78,79)/p+1/t40?,42-,76?/m1/s1. The van der Waals surface area contributed by atoms with Gasteiger partial charge in [-0.05, 0) is 73.0 Å². The van der Waals surface area contributed by atoms with E-state index in [4.69, 9.17) is 34.9 Å². The summed E-state index contributed by atoms with van der Waals surface area (Å²) in [6.45, 7) is 2.64. The van der Waals surface area contributed by atoms with E-state index in [1.165, 1.54) is 19.5 Å². The molecule has 8 heterocycles. The number of hydrogen-bond donors (Lipinski definition) is 4. The fraction of sp³-hybridized carbons (Fsp3) is 0.393. The predicted molar refractivity (Wildman–Crippen MR) is 317 cm³/mol. The quantitative estimate of drug-likeness (QED) is 0.0338. The lowest BCUT2D eigenvalue weighted by molar-refractivity contribution is -0.142. The average molecular weight is 1190 g/mol. The van der Waals surface area contributed by atoms with Crippen molar-refractivity contribution in [1.29, 1.82) is 0 Å². The second-order valence-corrected chi connectivity index (χ2v) is 21.6. The maximum absolute atomic E-state index is 16.2. The molecule has 0 radical (unpaired) electrons. The first kappa shape index (κ1) is 59.5. The SMILES string of the molecule is COC(=O)CNC(=O)CNC(=O)Cn1nc2c3c(cccc31)-c1cc3c(cnn3[N+]3(C(=O)CCC(=O)NCCOCCOCCOCCC(=O)N4CCC[C@@H](n5nc(-c6ccc(Oc7ccccc7)cc6)c6c(N)ncnc65)C4)CCC2CC3)cc1F. The number of carbonyl (C=O) groups is 6. The van der Waals surface area contributed by atoms with E-state index in [1.807, 2.05) is 76.3 Å². The number of piperidine rings is 2.